The summed E-state index contributed by atoms with van der Waals surface area (Å²) in [6.45, 7) is 0. The summed E-state index contributed by atoms with van der Waals surface area (Å²) in [6, 6.07) is 7.06. The largest absolute Gasteiger partial charge is 0.456 e. The van der Waals surface area contributed by atoms with E-state index in [0.717, 1.165) is 17.6 Å². The van der Waals surface area contributed by atoms with Gasteiger partial charge in [0.25, 0.3) is 0 Å². The molecule has 12 heteroatoms. The van der Waals surface area contributed by atoms with Crippen LogP contribution in [0.1, 0.15) is 5.56 Å². The van der Waals surface area contributed by atoms with Crippen molar-refractivity contribution >= 4 is 50.8 Å². The van der Waals surface area contributed by atoms with Crippen LogP contribution in [0.4, 0.5) is 15.2 Å². The fourth-order valence-electron chi connectivity index (χ4n) is 2.24. The van der Waals surface area contributed by atoms with E-state index >= 15 is 0 Å². The molecule has 28 heavy (non-hydrogen) atoms. The highest BCUT2D eigenvalue weighted by molar-refractivity contribution is 7.86. The molecule has 3 rings (SSSR count). The quantitative estimate of drug-likeness (QED) is 0.328. The van der Waals surface area contributed by atoms with Crippen LogP contribution in [0.2, 0.25) is 5.02 Å². The van der Waals surface area contributed by atoms with Gasteiger partial charge in [0, 0.05) is 42.0 Å². The number of nitrogen functional groups attached to an aromatic ring is 1. The minimum absolute atomic E-state index is 0.0495. The van der Waals surface area contributed by atoms with Gasteiger partial charge in [0.05, 0.1) is 9.92 Å². The number of amidine groups is 1. The zero-order chi connectivity index (χ0) is 20.3. The molecule has 0 aliphatic carbocycles. The fourth-order valence-corrected chi connectivity index (χ4v) is 3.95. The highest BCUT2D eigenvalue weighted by Crippen LogP contribution is 2.34. The molecular formula is C16H14ClFN6O2S2. The molecule has 0 radical (unpaired) electrons. The molecule has 1 aromatic heterocycles. The fraction of sp³-hybridized carbons (Fsp3) is 0.0625. The number of ether oxygens (including phenoxy) is 1. The Morgan fingerprint density at radius 2 is 2.18 bits per heavy atom. The van der Waals surface area contributed by atoms with Crippen molar-refractivity contribution in [2.45, 2.75) is 4.90 Å². The minimum Gasteiger partial charge on any atom is -0.456 e. The van der Waals surface area contributed by atoms with E-state index in [-0.39, 0.29) is 21.5 Å². The Labute approximate surface area is 171 Å². The maximum atomic E-state index is 14.5. The molecule has 8 nitrogen and oxygen atoms in total. The van der Waals surface area contributed by atoms with Gasteiger partial charge in [0.2, 0.25) is 5.13 Å². The van der Waals surface area contributed by atoms with Gasteiger partial charge in [-0.05, 0) is 18.2 Å². The molecule has 0 aliphatic rings. The third-order valence-corrected chi connectivity index (χ3v) is 5.60. The number of anilines is 2. The molecule has 0 aliphatic heterocycles. The minimum atomic E-state index is -1.91. The first kappa shape index (κ1) is 20.0. The first-order chi connectivity index (χ1) is 13.4. The Kier molecular flexibility index (Phi) is 6.07. The van der Waals surface area contributed by atoms with E-state index in [1.807, 2.05) is 0 Å². The topological polar surface area (TPSA) is 126 Å². The van der Waals surface area contributed by atoms with Gasteiger partial charge in [-0.3, -0.25) is 10.1 Å². The average molecular weight is 441 g/mol. The van der Waals surface area contributed by atoms with Gasteiger partial charge in [-0.15, -0.1) is 0 Å². The zero-order valence-electron chi connectivity index (χ0n) is 14.3. The third kappa shape index (κ3) is 4.38. The van der Waals surface area contributed by atoms with Gasteiger partial charge in [0.15, 0.2) is 11.0 Å². The SMILES string of the molecule is CNc1cc(Oc2cc(F)c(S(=O)Nc3ncns3)cc2Cl)ccc1C(=N)N. The van der Waals surface area contributed by atoms with Gasteiger partial charge >= 0.3 is 0 Å². The predicted octanol–water partition coefficient (Wildman–Crippen LogP) is 3.58. The summed E-state index contributed by atoms with van der Waals surface area (Å²) in [5.41, 5.74) is 6.59. The van der Waals surface area contributed by atoms with E-state index in [1.165, 1.54) is 12.4 Å². The lowest BCUT2D eigenvalue weighted by molar-refractivity contribution is 0.474. The highest BCUT2D eigenvalue weighted by atomic mass is 35.5. The molecule has 0 amide bonds. The number of nitrogens with two attached hydrogens (primary N) is 1. The van der Waals surface area contributed by atoms with Crippen LogP contribution in [0.5, 0.6) is 11.5 Å². The lowest BCUT2D eigenvalue weighted by atomic mass is 10.1. The van der Waals surface area contributed by atoms with Crippen molar-refractivity contribution in [3.63, 3.8) is 0 Å². The summed E-state index contributed by atoms with van der Waals surface area (Å²) in [6.07, 6.45) is 1.29. The Bertz CT molecular complexity index is 1050. The van der Waals surface area contributed by atoms with E-state index in [0.29, 0.717) is 22.1 Å². The second kappa shape index (κ2) is 8.50. The Morgan fingerprint density at radius 3 is 2.82 bits per heavy atom. The van der Waals surface area contributed by atoms with Crippen molar-refractivity contribution in [3.8, 4) is 11.5 Å². The molecule has 146 valence electrons. The first-order valence-electron chi connectivity index (χ1n) is 7.67. The van der Waals surface area contributed by atoms with E-state index in [4.69, 9.17) is 27.5 Å². The highest BCUT2D eigenvalue weighted by Gasteiger charge is 2.17. The van der Waals surface area contributed by atoms with Crippen LogP contribution in [0.25, 0.3) is 0 Å². The molecule has 1 heterocycles. The number of benzene rings is 2. The molecule has 0 spiro atoms. The average Bonchev–Trinajstić information content (AvgIpc) is 3.17. The third-order valence-electron chi connectivity index (χ3n) is 3.51. The standard InChI is InChI=1S/C16H14ClFN6O2S2/c1-21-12-4-8(2-3-9(12)15(19)20)26-13-6-11(18)14(5-10(13)17)28(25)24-16-22-7-23-27-16/h2-7,21H,1H3,(H3,19,20)(H,22,23,24). The molecular weight excluding hydrogens is 427 g/mol. The Balaban J connectivity index is 1.85. The van der Waals surface area contributed by atoms with Gasteiger partial charge in [-0.2, -0.15) is 4.37 Å². The second-order valence-electron chi connectivity index (χ2n) is 5.30. The van der Waals surface area contributed by atoms with Gasteiger partial charge in [0.1, 0.15) is 29.5 Å². The van der Waals surface area contributed by atoms with Crippen LogP contribution >= 0.6 is 23.1 Å². The van der Waals surface area contributed by atoms with Crippen LogP contribution in [-0.4, -0.2) is 26.4 Å². The molecule has 0 bridgehead atoms. The van der Waals surface area contributed by atoms with Crippen molar-refractivity contribution < 1.29 is 13.3 Å². The monoisotopic (exact) mass is 440 g/mol. The molecule has 0 saturated carbocycles. The van der Waals surface area contributed by atoms with E-state index < -0.39 is 16.8 Å². The van der Waals surface area contributed by atoms with E-state index in [2.05, 4.69) is 19.4 Å². The van der Waals surface area contributed by atoms with Gasteiger partial charge in [-0.1, -0.05) is 11.6 Å². The van der Waals surface area contributed by atoms with Crippen LogP contribution in [0, 0.1) is 11.2 Å². The summed E-state index contributed by atoms with van der Waals surface area (Å²) < 4.78 is 38.7. The number of rotatable bonds is 7. The number of hydrogen-bond acceptors (Lipinski definition) is 7. The second-order valence-corrected chi connectivity index (χ2v) is 7.67. The molecule has 2 aromatic carbocycles. The lowest BCUT2D eigenvalue weighted by Crippen LogP contribution is -2.13. The van der Waals surface area contributed by atoms with E-state index in [9.17, 15) is 8.60 Å². The van der Waals surface area contributed by atoms with Crippen LogP contribution in [0.3, 0.4) is 0 Å². The van der Waals surface area contributed by atoms with Crippen molar-refractivity contribution in [2.75, 3.05) is 17.1 Å². The maximum absolute atomic E-state index is 14.5. The maximum Gasteiger partial charge on any atom is 0.214 e. The summed E-state index contributed by atoms with van der Waals surface area (Å²) in [5, 5.41) is 10.8. The normalized spacial score (nSPS) is 11.7. The van der Waals surface area contributed by atoms with Gasteiger partial charge < -0.3 is 15.8 Å². The molecule has 0 fully saturated rings. The number of hydrogen-bond donors (Lipinski definition) is 4. The summed E-state index contributed by atoms with van der Waals surface area (Å²) in [4.78, 5) is 3.69. The first-order valence-corrected chi connectivity index (χ1v) is 9.97. The number of aromatic nitrogens is 2. The van der Waals surface area contributed by atoms with Gasteiger partial charge in [-0.25, -0.2) is 13.6 Å². The molecule has 3 aromatic rings. The van der Waals surface area contributed by atoms with Crippen LogP contribution in [0.15, 0.2) is 41.6 Å². The Hall–Kier alpha value is -2.76. The van der Waals surface area contributed by atoms with E-state index in [1.54, 1.807) is 25.2 Å². The predicted molar refractivity (Wildman–Crippen MR) is 108 cm³/mol. The summed E-state index contributed by atoms with van der Waals surface area (Å²) in [7, 11) is -0.234. The summed E-state index contributed by atoms with van der Waals surface area (Å²) in [5.74, 6) is -0.455. The lowest BCUT2D eigenvalue weighted by Gasteiger charge is -2.13. The Morgan fingerprint density at radius 1 is 1.39 bits per heavy atom. The van der Waals surface area contributed by atoms with Crippen molar-refractivity contribution in [2.24, 2.45) is 5.73 Å². The summed E-state index contributed by atoms with van der Waals surface area (Å²) >= 11 is 7.18. The number of nitrogens with zero attached hydrogens (tertiary/aromatic N) is 2. The smallest absolute Gasteiger partial charge is 0.214 e. The van der Waals surface area contributed by atoms with Crippen molar-refractivity contribution in [3.05, 3.63) is 53.1 Å². The van der Waals surface area contributed by atoms with Crippen molar-refractivity contribution in [1.82, 2.24) is 9.36 Å². The molecule has 1 atom stereocenters. The number of nitrogens with one attached hydrogen (secondary N) is 3. The zero-order valence-corrected chi connectivity index (χ0v) is 16.7. The van der Waals surface area contributed by atoms with Crippen molar-refractivity contribution in [1.29, 1.82) is 5.41 Å². The molecule has 0 saturated heterocycles. The number of halogens is 2. The van der Waals surface area contributed by atoms with Crippen LogP contribution < -0.4 is 20.5 Å². The molecule has 5 N–H and O–H groups in total. The molecule has 1 unspecified atom stereocenters. The van der Waals surface area contributed by atoms with Crippen LogP contribution in [-0.2, 0) is 11.0 Å².